The van der Waals surface area contributed by atoms with Crippen molar-refractivity contribution < 1.29 is 9.90 Å². The van der Waals surface area contributed by atoms with Crippen molar-refractivity contribution in [2.75, 3.05) is 6.54 Å². The highest BCUT2D eigenvalue weighted by molar-refractivity contribution is 7.11. The maximum atomic E-state index is 12.5. The molecule has 3 nitrogen and oxygen atoms in total. The molecule has 5 heteroatoms. The third kappa shape index (κ3) is 4.19. The Labute approximate surface area is 139 Å². The average molecular weight is 336 g/mol. The van der Waals surface area contributed by atoms with Crippen LogP contribution in [-0.4, -0.2) is 22.5 Å². The minimum Gasteiger partial charge on any atom is -0.378 e. The zero-order valence-electron chi connectivity index (χ0n) is 12.3. The predicted octanol–water partition coefficient (Wildman–Crippen LogP) is 3.96. The highest BCUT2D eigenvalue weighted by Crippen LogP contribution is 2.22. The highest BCUT2D eigenvalue weighted by atomic mass is 35.5. The summed E-state index contributed by atoms with van der Waals surface area (Å²) < 4.78 is 0. The largest absolute Gasteiger partial charge is 0.378 e. The molecule has 1 unspecified atom stereocenters. The van der Waals surface area contributed by atoms with Gasteiger partial charge in [-0.15, -0.1) is 17.9 Å². The van der Waals surface area contributed by atoms with Crippen molar-refractivity contribution in [2.45, 2.75) is 19.6 Å². The van der Waals surface area contributed by atoms with Crippen LogP contribution in [0, 0.1) is 6.92 Å². The lowest BCUT2D eigenvalue weighted by molar-refractivity contribution is -0.140. The van der Waals surface area contributed by atoms with Gasteiger partial charge in [-0.1, -0.05) is 29.8 Å². The number of hydrogen-bond acceptors (Lipinski definition) is 3. The van der Waals surface area contributed by atoms with Crippen LogP contribution in [0.4, 0.5) is 0 Å². The summed E-state index contributed by atoms with van der Waals surface area (Å²) in [5.41, 5.74) is 0.533. The highest BCUT2D eigenvalue weighted by Gasteiger charge is 2.23. The average Bonchev–Trinajstić information content (AvgIpc) is 2.91. The molecule has 1 heterocycles. The summed E-state index contributed by atoms with van der Waals surface area (Å²) in [6.07, 6.45) is 0.464. The molecule has 0 aliphatic rings. The molecule has 0 radical (unpaired) electrons. The van der Waals surface area contributed by atoms with E-state index in [0.29, 0.717) is 23.7 Å². The number of carbonyl (C=O) groups excluding carboxylic acids is 1. The summed E-state index contributed by atoms with van der Waals surface area (Å²) in [4.78, 5) is 16.4. The quantitative estimate of drug-likeness (QED) is 0.812. The van der Waals surface area contributed by atoms with Gasteiger partial charge in [0.2, 0.25) is 0 Å². The van der Waals surface area contributed by atoms with Crippen molar-refractivity contribution in [1.29, 1.82) is 0 Å². The topological polar surface area (TPSA) is 40.5 Å². The van der Waals surface area contributed by atoms with Gasteiger partial charge in [0.05, 0.1) is 6.54 Å². The van der Waals surface area contributed by atoms with Crippen LogP contribution in [0.3, 0.4) is 0 Å². The first-order valence-corrected chi connectivity index (χ1v) is 8.09. The predicted molar refractivity (Wildman–Crippen MR) is 91.1 cm³/mol. The van der Waals surface area contributed by atoms with Crippen LogP contribution in [0.5, 0.6) is 0 Å². The third-order valence-electron chi connectivity index (χ3n) is 3.22. The van der Waals surface area contributed by atoms with E-state index in [0.717, 1.165) is 4.88 Å². The molecule has 0 aliphatic carbocycles. The van der Waals surface area contributed by atoms with Gasteiger partial charge in [0.25, 0.3) is 5.91 Å². The van der Waals surface area contributed by atoms with Crippen LogP contribution < -0.4 is 0 Å². The molecule has 1 amide bonds. The molecule has 0 aliphatic heterocycles. The molecule has 0 spiro atoms. The maximum absolute atomic E-state index is 12.5. The van der Waals surface area contributed by atoms with E-state index in [1.165, 1.54) is 4.88 Å². The summed E-state index contributed by atoms with van der Waals surface area (Å²) in [5.74, 6) is -0.340. The number of aliphatic hydroxyl groups is 1. The zero-order valence-corrected chi connectivity index (χ0v) is 13.9. The third-order valence-corrected chi connectivity index (χ3v) is 4.46. The number of benzene rings is 1. The van der Waals surface area contributed by atoms with Crippen molar-refractivity contribution in [3.63, 3.8) is 0 Å². The fraction of sp³-hybridized carbons (Fsp3) is 0.235. The van der Waals surface area contributed by atoms with Gasteiger partial charge < -0.3 is 10.0 Å². The number of thiophene rings is 1. The summed E-state index contributed by atoms with van der Waals surface area (Å²) in [7, 11) is 0. The van der Waals surface area contributed by atoms with Crippen LogP contribution in [0.15, 0.2) is 49.1 Å². The Balaban J connectivity index is 2.14. The van der Waals surface area contributed by atoms with Crippen LogP contribution in [-0.2, 0) is 11.3 Å². The normalized spacial score (nSPS) is 12.0. The van der Waals surface area contributed by atoms with Crippen LogP contribution in [0.25, 0.3) is 0 Å². The fourth-order valence-corrected chi connectivity index (χ4v) is 3.14. The minimum absolute atomic E-state index is 0.340. The van der Waals surface area contributed by atoms with Crippen LogP contribution >= 0.6 is 22.9 Å². The molecule has 22 heavy (non-hydrogen) atoms. The number of nitrogens with zero attached hydrogens (tertiary/aromatic N) is 1. The van der Waals surface area contributed by atoms with Crippen LogP contribution in [0.2, 0.25) is 5.02 Å². The first-order valence-electron chi connectivity index (χ1n) is 6.90. The Bertz CT molecular complexity index is 651. The Kier molecular flexibility index (Phi) is 5.77. The Morgan fingerprint density at radius 3 is 2.59 bits per heavy atom. The molecule has 116 valence electrons. The van der Waals surface area contributed by atoms with Gasteiger partial charge in [0, 0.05) is 21.3 Å². The van der Waals surface area contributed by atoms with Gasteiger partial charge in [-0.2, -0.15) is 0 Å². The van der Waals surface area contributed by atoms with Crippen molar-refractivity contribution in [2.24, 2.45) is 0 Å². The number of carbonyl (C=O) groups is 1. The number of aliphatic hydroxyl groups excluding tert-OH is 1. The van der Waals surface area contributed by atoms with Gasteiger partial charge in [-0.25, -0.2) is 0 Å². The number of rotatable bonds is 6. The van der Waals surface area contributed by atoms with Crippen molar-refractivity contribution in [3.8, 4) is 0 Å². The maximum Gasteiger partial charge on any atom is 0.256 e. The van der Waals surface area contributed by atoms with E-state index in [9.17, 15) is 9.90 Å². The molecule has 0 saturated carbocycles. The van der Waals surface area contributed by atoms with Gasteiger partial charge in [0.1, 0.15) is 0 Å². The number of hydrogen-bond donors (Lipinski definition) is 1. The summed E-state index contributed by atoms with van der Waals surface area (Å²) in [5, 5.41) is 10.9. The molecule has 1 atom stereocenters. The van der Waals surface area contributed by atoms with Crippen molar-refractivity contribution in [1.82, 2.24) is 4.90 Å². The second-order valence-electron chi connectivity index (χ2n) is 4.97. The number of aryl methyl sites for hydroxylation is 1. The molecule has 0 saturated heterocycles. The molecule has 2 aromatic rings. The molecule has 0 bridgehead atoms. The van der Waals surface area contributed by atoms with E-state index in [-0.39, 0.29) is 5.91 Å². The minimum atomic E-state index is -1.20. The molecule has 1 aromatic heterocycles. The van der Waals surface area contributed by atoms with E-state index in [4.69, 9.17) is 11.6 Å². The van der Waals surface area contributed by atoms with E-state index in [1.807, 2.05) is 19.1 Å². The second kappa shape index (κ2) is 7.58. The standard InChI is InChI=1S/C17H18ClNO2S/c1-3-10-19(11-15-9-4-12(2)22-15)17(21)16(20)13-5-7-14(18)8-6-13/h3-9,16,20H,1,10-11H2,2H3. The zero-order chi connectivity index (χ0) is 16.1. The summed E-state index contributed by atoms with van der Waals surface area (Å²) in [6, 6.07) is 10.7. The van der Waals surface area contributed by atoms with E-state index >= 15 is 0 Å². The fourth-order valence-electron chi connectivity index (χ4n) is 2.11. The first kappa shape index (κ1) is 16.7. The van der Waals surface area contributed by atoms with Gasteiger partial charge >= 0.3 is 0 Å². The monoisotopic (exact) mass is 335 g/mol. The number of amides is 1. The smallest absolute Gasteiger partial charge is 0.256 e. The van der Waals surface area contributed by atoms with E-state index < -0.39 is 6.10 Å². The molecule has 0 fully saturated rings. The lowest BCUT2D eigenvalue weighted by Gasteiger charge is -2.23. The first-order chi connectivity index (χ1) is 10.5. The van der Waals surface area contributed by atoms with Gasteiger partial charge in [-0.3, -0.25) is 4.79 Å². The molecule has 1 N–H and O–H groups in total. The van der Waals surface area contributed by atoms with Crippen LogP contribution in [0.1, 0.15) is 21.4 Å². The van der Waals surface area contributed by atoms with Gasteiger partial charge in [0.15, 0.2) is 6.10 Å². The Morgan fingerprint density at radius 2 is 2.05 bits per heavy atom. The number of halogens is 1. The molecular formula is C17H18ClNO2S. The van der Waals surface area contributed by atoms with E-state index in [2.05, 4.69) is 6.58 Å². The van der Waals surface area contributed by atoms with Crippen molar-refractivity contribution >= 4 is 28.8 Å². The Morgan fingerprint density at radius 1 is 1.36 bits per heavy atom. The molecular weight excluding hydrogens is 318 g/mol. The Hall–Kier alpha value is -1.62. The van der Waals surface area contributed by atoms with E-state index in [1.54, 1.807) is 46.6 Å². The van der Waals surface area contributed by atoms with Gasteiger partial charge in [-0.05, 0) is 36.8 Å². The van der Waals surface area contributed by atoms with Crippen molar-refractivity contribution in [3.05, 3.63) is 69.4 Å². The second-order valence-corrected chi connectivity index (χ2v) is 6.78. The molecule has 2 rings (SSSR count). The SMILES string of the molecule is C=CCN(Cc1ccc(C)s1)C(=O)C(O)c1ccc(Cl)cc1. The molecule has 1 aromatic carbocycles. The summed E-state index contributed by atoms with van der Waals surface area (Å²) in [6.45, 7) is 6.56. The lowest BCUT2D eigenvalue weighted by Crippen LogP contribution is -2.34. The lowest BCUT2D eigenvalue weighted by atomic mass is 10.1. The summed E-state index contributed by atoms with van der Waals surface area (Å²) >= 11 is 7.47.